The van der Waals surface area contributed by atoms with Crippen LogP contribution in [0.15, 0.2) is 0 Å². The zero-order valence-corrected chi connectivity index (χ0v) is 13.0. The van der Waals surface area contributed by atoms with E-state index in [4.69, 9.17) is 0 Å². The van der Waals surface area contributed by atoms with Gasteiger partial charge in [-0.15, -0.1) is 0 Å². The third-order valence-electron chi connectivity index (χ3n) is 4.28. The maximum absolute atomic E-state index is 12.0. The van der Waals surface area contributed by atoms with Crippen molar-refractivity contribution in [1.29, 1.82) is 0 Å². The zero-order chi connectivity index (χ0) is 14.5. The number of carbonyl (C=O) groups excluding carboxylic acids is 1. The molecular formula is C14H26N2O3S. The molecule has 6 heteroatoms. The summed E-state index contributed by atoms with van der Waals surface area (Å²) in [5.41, 5.74) is 0. The molecule has 4 atom stereocenters. The van der Waals surface area contributed by atoms with Crippen molar-refractivity contribution < 1.29 is 14.1 Å². The molecule has 2 aliphatic carbocycles. The van der Waals surface area contributed by atoms with Crippen LogP contribution in [0.4, 0.5) is 4.79 Å². The Labute approximate surface area is 123 Å². The van der Waals surface area contributed by atoms with Crippen molar-refractivity contribution in [3.63, 3.8) is 0 Å². The summed E-state index contributed by atoms with van der Waals surface area (Å²) in [4.78, 5) is 11.9. The summed E-state index contributed by atoms with van der Waals surface area (Å²) in [6.45, 7) is 2.23. The molecule has 0 saturated heterocycles. The minimum Gasteiger partial charge on any atom is -0.391 e. The van der Waals surface area contributed by atoms with Crippen LogP contribution in [0.1, 0.15) is 45.4 Å². The van der Waals surface area contributed by atoms with Crippen LogP contribution in [0.5, 0.6) is 0 Å². The molecule has 3 N–H and O–H groups in total. The van der Waals surface area contributed by atoms with Crippen LogP contribution in [0.2, 0.25) is 0 Å². The Hall–Kier alpha value is -0.620. The summed E-state index contributed by atoms with van der Waals surface area (Å²) in [5, 5.41) is 15.5. The highest BCUT2D eigenvalue weighted by Crippen LogP contribution is 2.32. The van der Waals surface area contributed by atoms with Gasteiger partial charge in [-0.05, 0) is 31.6 Å². The number of nitrogens with one attached hydrogen (secondary N) is 2. The molecule has 0 spiro atoms. The summed E-state index contributed by atoms with van der Waals surface area (Å²) in [5.74, 6) is 1.01. The predicted octanol–water partition coefficient (Wildman–Crippen LogP) is 1.14. The monoisotopic (exact) mass is 302 g/mol. The first-order valence-electron chi connectivity index (χ1n) is 7.71. The van der Waals surface area contributed by atoms with Crippen LogP contribution in [0.3, 0.4) is 0 Å². The molecule has 0 heterocycles. The fraction of sp³-hybridized carbons (Fsp3) is 0.929. The fourth-order valence-corrected chi connectivity index (χ4v) is 4.28. The fourth-order valence-electron chi connectivity index (χ4n) is 2.86. The molecule has 116 valence electrons. The van der Waals surface area contributed by atoms with E-state index in [2.05, 4.69) is 10.6 Å². The lowest BCUT2D eigenvalue weighted by atomic mass is 9.95. The van der Waals surface area contributed by atoms with E-state index in [-0.39, 0.29) is 17.3 Å². The van der Waals surface area contributed by atoms with E-state index in [0.29, 0.717) is 18.2 Å². The van der Waals surface area contributed by atoms with Gasteiger partial charge in [-0.1, -0.05) is 19.8 Å². The summed E-state index contributed by atoms with van der Waals surface area (Å²) < 4.78 is 12.0. The molecule has 5 nitrogen and oxygen atoms in total. The van der Waals surface area contributed by atoms with Gasteiger partial charge >= 0.3 is 6.03 Å². The number of hydrogen-bond donors (Lipinski definition) is 3. The van der Waals surface area contributed by atoms with Gasteiger partial charge in [0.25, 0.3) is 0 Å². The summed E-state index contributed by atoms with van der Waals surface area (Å²) in [7, 11) is -0.862. The summed E-state index contributed by atoms with van der Waals surface area (Å²) in [6, 6.07) is -0.239. The molecule has 0 aromatic heterocycles. The van der Waals surface area contributed by atoms with Crippen molar-refractivity contribution in [3.05, 3.63) is 0 Å². The summed E-state index contributed by atoms with van der Waals surface area (Å²) >= 11 is 0. The van der Waals surface area contributed by atoms with Crippen LogP contribution in [0, 0.1) is 5.92 Å². The normalized spacial score (nSPS) is 29.5. The maximum atomic E-state index is 12.0. The largest absolute Gasteiger partial charge is 0.391 e. The second kappa shape index (κ2) is 7.41. The summed E-state index contributed by atoms with van der Waals surface area (Å²) in [6.07, 6.45) is 5.69. The van der Waals surface area contributed by atoms with Crippen molar-refractivity contribution >= 4 is 16.8 Å². The standard InChI is InChI=1S/C14H26N2O3S/c1-2-20(19)13-6-4-3-5-11(13)16-14(18)15-9-12(17)10-7-8-10/h10-13,17H,2-9H2,1H3,(H2,15,16,18)/t11-,12+,13+,20-/m0/s1. The molecule has 2 aliphatic rings. The van der Waals surface area contributed by atoms with Gasteiger partial charge in [-0.2, -0.15) is 0 Å². The number of aliphatic hydroxyl groups is 1. The SMILES string of the molecule is CC[S@](=O)[C@@H]1CCCC[C@@H]1NC(=O)NC[C@@H](O)C1CC1. The number of aliphatic hydroxyl groups excluding tert-OH is 1. The second-order valence-corrected chi connectivity index (χ2v) is 7.80. The molecule has 0 radical (unpaired) electrons. The molecule has 2 saturated carbocycles. The Kier molecular flexibility index (Phi) is 5.84. The highest BCUT2D eigenvalue weighted by atomic mass is 32.2. The molecule has 2 rings (SSSR count). The van der Waals surface area contributed by atoms with Crippen LogP contribution in [-0.2, 0) is 10.8 Å². The van der Waals surface area contributed by atoms with Crippen LogP contribution < -0.4 is 10.6 Å². The lowest BCUT2D eigenvalue weighted by Crippen LogP contribution is -2.51. The van der Waals surface area contributed by atoms with E-state index in [1.165, 1.54) is 0 Å². The first kappa shape index (κ1) is 15.8. The lowest BCUT2D eigenvalue weighted by Gasteiger charge is -2.31. The van der Waals surface area contributed by atoms with Crippen molar-refractivity contribution in [1.82, 2.24) is 10.6 Å². The first-order valence-corrected chi connectivity index (χ1v) is 9.09. The third-order valence-corrected chi connectivity index (χ3v) is 6.09. The number of urea groups is 1. The third kappa shape index (κ3) is 4.45. The van der Waals surface area contributed by atoms with Gasteiger partial charge in [-0.3, -0.25) is 4.21 Å². The maximum Gasteiger partial charge on any atom is 0.315 e. The molecule has 20 heavy (non-hydrogen) atoms. The smallest absolute Gasteiger partial charge is 0.315 e. The molecular weight excluding hydrogens is 276 g/mol. The van der Waals surface area contributed by atoms with Crippen molar-refractivity contribution in [2.24, 2.45) is 5.92 Å². The van der Waals surface area contributed by atoms with Gasteiger partial charge in [0, 0.05) is 29.1 Å². The molecule has 0 unspecified atom stereocenters. The molecule has 2 amide bonds. The van der Waals surface area contributed by atoms with E-state index < -0.39 is 16.9 Å². The van der Waals surface area contributed by atoms with E-state index in [9.17, 15) is 14.1 Å². The lowest BCUT2D eigenvalue weighted by molar-refractivity contribution is 0.148. The number of hydrogen-bond acceptors (Lipinski definition) is 3. The Bertz CT molecular complexity index is 360. The van der Waals surface area contributed by atoms with Gasteiger partial charge in [0.2, 0.25) is 0 Å². The van der Waals surface area contributed by atoms with Crippen LogP contribution in [-0.4, -0.2) is 45.0 Å². The number of carbonyl (C=O) groups is 1. The predicted molar refractivity (Wildman–Crippen MR) is 80.0 cm³/mol. The second-order valence-electron chi connectivity index (χ2n) is 5.86. The topological polar surface area (TPSA) is 78.4 Å². The minimum atomic E-state index is -0.862. The van der Waals surface area contributed by atoms with Crippen molar-refractivity contribution in [3.8, 4) is 0 Å². The van der Waals surface area contributed by atoms with Gasteiger partial charge in [0.05, 0.1) is 11.4 Å². The molecule has 2 fully saturated rings. The quantitative estimate of drug-likeness (QED) is 0.688. The molecule has 0 bridgehead atoms. The van der Waals surface area contributed by atoms with E-state index in [1.54, 1.807) is 0 Å². The number of amides is 2. The Balaban J connectivity index is 1.76. The number of rotatable bonds is 6. The van der Waals surface area contributed by atoms with E-state index in [1.807, 2.05) is 6.92 Å². The Morgan fingerprint density at radius 1 is 1.30 bits per heavy atom. The van der Waals surface area contributed by atoms with Gasteiger partial charge in [0.1, 0.15) is 0 Å². The first-order chi connectivity index (χ1) is 9.61. The highest BCUT2D eigenvalue weighted by molar-refractivity contribution is 7.85. The van der Waals surface area contributed by atoms with E-state index >= 15 is 0 Å². The minimum absolute atomic E-state index is 0.00241. The Morgan fingerprint density at radius 2 is 2.00 bits per heavy atom. The average Bonchev–Trinajstić information content (AvgIpc) is 3.29. The van der Waals surface area contributed by atoms with Gasteiger partial charge in [0.15, 0.2) is 0 Å². The molecule has 0 aromatic carbocycles. The van der Waals surface area contributed by atoms with Crippen LogP contribution in [0.25, 0.3) is 0 Å². The highest BCUT2D eigenvalue weighted by Gasteiger charge is 2.32. The molecule has 0 aromatic rings. The van der Waals surface area contributed by atoms with Crippen LogP contribution >= 0.6 is 0 Å². The zero-order valence-electron chi connectivity index (χ0n) is 12.1. The van der Waals surface area contributed by atoms with E-state index in [0.717, 1.165) is 38.5 Å². The van der Waals surface area contributed by atoms with Gasteiger partial charge < -0.3 is 15.7 Å². The average molecular weight is 302 g/mol. The van der Waals surface area contributed by atoms with Crippen molar-refractivity contribution in [2.75, 3.05) is 12.3 Å². The van der Waals surface area contributed by atoms with Crippen molar-refractivity contribution in [2.45, 2.75) is 62.8 Å². The van der Waals surface area contributed by atoms with Gasteiger partial charge in [-0.25, -0.2) is 4.79 Å². The Morgan fingerprint density at radius 3 is 2.65 bits per heavy atom. The molecule has 0 aliphatic heterocycles.